The second-order valence-corrected chi connectivity index (χ2v) is 6.10. The summed E-state index contributed by atoms with van der Waals surface area (Å²) in [7, 11) is 0. The van der Waals surface area contributed by atoms with E-state index in [4.69, 9.17) is 5.11 Å². The highest BCUT2D eigenvalue weighted by Gasteiger charge is 2.26. The van der Waals surface area contributed by atoms with E-state index in [1.807, 2.05) is 13.8 Å². The summed E-state index contributed by atoms with van der Waals surface area (Å²) in [5, 5.41) is 11.8. The van der Waals surface area contributed by atoms with Crippen LogP contribution in [0.3, 0.4) is 0 Å². The minimum Gasteiger partial charge on any atom is -0.396 e. The number of hydrogen-bond donors (Lipinski definition) is 2. The minimum atomic E-state index is -0.227. The van der Waals surface area contributed by atoms with Crippen molar-refractivity contribution in [3.63, 3.8) is 0 Å². The molecule has 2 N–H and O–H groups in total. The van der Waals surface area contributed by atoms with Gasteiger partial charge < -0.3 is 15.3 Å². The molecule has 0 bridgehead atoms. The fraction of sp³-hybridized carbons (Fsp3) is 0.588. The molecule has 1 heterocycles. The summed E-state index contributed by atoms with van der Waals surface area (Å²) in [5.74, 6) is -0.226. The van der Waals surface area contributed by atoms with Gasteiger partial charge in [-0.3, -0.25) is 9.69 Å². The Balaban J connectivity index is 1.83. The number of anilines is 1. The lowest BCUT2D eigenvalue weighted by Crippen LogP contribution is -2.54. The number of aliphatic hydroxyl groups is 1. The van der Waals surface area contributed by atoms with Crippen LogP contribution in [0.1, 0.15) is 20.3 Å². The molecule has 1 aliphatic heterocycles. The number of rotatable bonds is 6. The first kappa shape index (κ1) is 17.7. The molecule has 0 saturated carbocycles. The van der Waals surface area contributed by atoms with Gasteiger partial charge in [-0.1, -0.05) is 0 Å². The first-order chi connectivity index (χ1) is 11.0. The maximum Gasteiger partial charge on any atom is 0.237 e. The van der Waals surface area contributed by atoms with E-state index in [9.17, 15) is 9.18 Å². The van der Waals surface area contributed by atoms with Crippen molar-refractivity contribution in [1.82, 2.24) is 10.2 Å². The third-order valence-corrected chi connectivity index (χ3v) is 4.38. The molecule has 2 atom stereocenters. The van der Waals surface area contributed by atoms with Crippen molar-refractivity contribution in [3.8, 4) is 0 Å². The fourth-order valence-electron chi connectivity index (χ4n) is 2.81. The molecule has 2 rings (SSSR count). The minimum absolute atomic E-state index is 0.00109. The van der Waals surface area contributed by atoms with E-state index < -0.39 is 0 Å². The maximum atomic E-state index is 13.0. The Morgan fingerprint density at radius 2 is 1.83 bits per heavy atom. The van der Waals surface area contributed by atoms with Gasteiger partial charge in [0.2, 0.25) is 5.91 Å². The van der Waals surface area contributed by atoms with E-state index in [2.05, 4.69) is 15.1 Å². The molecule has 1 aliphatic rings. The maximum absolute atomic E-state index is 13.0. The second-order valence-electron chi connectivity index (χ2n) is 6.10. The Bertz CT molecular complexity index is 501. The van der Waals surface area contributed by atoms with Crippen LogP contribution in [0.5, 0.6) is 0 Å². The van der Waals surface area contributed by atoms with Crippen molar-refractivity contribution in [2.45, 2.75) is 32.4 Å². The molecule has 5 nitrogen and oxygen atoms in total. The summed E-state index contributed by atoms with van der Waals surface area (Å²) < 4.78 is 13.0. The monoisotopic (exact) mass is 323 g/mol. The normalized spacial score (nSPS) is 18.5. The Kier molecular flexibility index (Phi) is 6.36. The van der Waals surface area contributed by atoms with Crippen LogP contribution in [-0.4, -0.2) is 60.8 Å². The van der Waals surface area contributed by atoms with Gasteiger partial charge in [-0.2, -0.15) is 0 Å². The number of carbonyl (C=O) groups is 1. The van der Waals surface area contributed by atoms with Crippen molar-refractivity contribution < 1.29 is 14.3 Å². The van der Waals surface area contributed by atoms with E-state index in [1.165, 1.54) is 12.1 Å². The van der Waals surface area contributed by atoms with E-state index in [-0.39, 0.29) is 30.4 Å². The molecule has 2 unspecified atom stereocenters. The number of halogens is 1. The van der Waals surface area contributed by atoms with Gasteiger partial charge in [0.1, 0.15) is 5.82 Å². The average Bonchev–Trinajstić information content (AvgIpc) is 2.55. The summed E-state index contributed by atoms with van der Waals surface area (Å²) in [6.07, 6.45) is 0.566. The first-order valence-corrected chi connectivity index (χ1v) is 8.17. The van der Waals surface area contributed by atoms with Gasteiger partial charge in [0, 0.05) is 44.5 Å². The third-order valence-electron chi connectivity index (χ3n) is 4.38. The van der Waals surface area contributed by atoms with Gasteiger partial charge in [-0.05, 0) is 44.5 Å². The molecule has 0 aromatic heterocycles. The van der Waals surface area contributed by atoms with Crippen LogP contribution >= 0.6 is 0 Å². The van der Waals surface area contributed by atoms with Crippen molar-refractivity contribution in [1.29, 1.82) is 0 Å². The summed E-state index contributed by atoms with van der Waals surface area (Å²) in [6.45, 7) is 7.10. The van der Waals surface area contributed by atoms with E-state index in [0.717, 1.165) is 31.9 Å². The summed E-state index contributed by atoms with van der Waals surface area (Å²) in [4.78, 5) is 16.6. The molecule has 0 radical (unpaired) electrons. The van der Waals surface area contributed by atoms with Crippen LogP contribution in [0.15, 0.2) is 24.3 Å². The van der Waals surface area contributed by atoms with Crippen LogP contribution in [0.25, 0.3) is 0 Å². The third kappa shape index (κ3) is 4.91. The lowest BCUT2D eigenvalue weighted by atomic mass is 10.1. The standard InChI is InChI=1S/C17H26FN3O2/c1-13(7-12-22)19-17(23)14(2)20-8-10-21(11-9-20)16-5-3-15(18)4-6-16/h3-6,13-14,22H,7-12H2,1-2H3,(H,19,23). The predicted molar refractivity (Wildman–Crippen MR) is 89.0 cm³/mol. The van der Waals surface area contributed by atoms with Crippen LogP contribution in [0.2, 0.25) is 0 Å². The molecule has 1 fully saturated rings. The smallest absolute Gasteiger partial charge is 0.237 e. The molecular weight excluding hydrogens is 297 g/mol. The Hall–Kier alpha value is -1.66. The van der Waals surface area contributed by atoms with Crippen molar-refractivity contribution in [2.24, 2.45) is 0 Å². The van der Waals surface area contributed by atoms with Crippen LogP contribution in [-0.2, 0) is 4.79 Å². The number of piperazine rings is 1. The average molecular weight is 323 g/mol. The number of aliphatic hydroxyl groups excluding tert-OH is 1. The largest absolute Gasteiger partial charge is 0.396 e. The molecule has 128 valence electrons. The SMILES string of the molecule is CC(CCO)NC(=O)C(C)N1CCN(c2ccc(F)cc2)CC1. The molecule has 1 saturated heterocycles. The van der Waals surface area contributed by atoms with E-state index in [0.29, 0.717) is 6.42 Å². The number of hydrogen-bond acceptors (Lipinski definition) is 4. The summed E-state index contributed by atoms with van der Waals surface area (Å²) in [5.41, 5.74) is 1.01. The molecular formula is C17H26FN3O2. The molecule has 6 heteroatoms. The van der Waals surface area contributed by atoms with Crippen molar-refractivity contribution in [2.75, 3.05) is 37.7 Å². The zero-order chi connectivity index (χ0) is 16.8. The highest BCUT2D eigenvalue weighted by atomic mass is 19.1. The van der Waals surface area contributed by atoms with Crippen LogP contribution in [0, 0.1) is 5.82 Å². The Labute approximate surface area is 137 Å². The Morgan fingerprint density at radius 3 is 2.39 bits per heavy atom. The quantitative estimate of drug-likeness (QED) is 0.827. The zero-order valence-corrected chi connectivity index (χ0v) is 13.8. The predicted octanol–water partition coefficient (Wildman–Crippen LogP) is 1.22. The van der Waals surface area contributed by atoms with Gasteiger partial charge in [-0.15, -0.1) is 0 Å². The highest BCUT2D eigenvalue weighted by molar-refractivity contribution is 5.81. The Morgan fingerprint density at radius 1 is 1.22 bits per heavy atom. The van der Waals surface area contributed by atoms with Crippen molar-refractivity contribution >= 4 is 11.6 Å². The molecule has 1 aromatic carbocycles. The number of benzene rings is 1. The molecule has 0 aliphatic carbocycles. The van der Waals surface area contributed by atoms with Gasteiger partial charge in [-0.25, -0.2) is 4.39 Å². The van der Waals surface area contributed by atoms with Crippen LogP contribution < -0.4 is 10.2 Å². The number of carbonyl (C=O) groups excluding carboxylic acids is 1. The molecule has 23 heavy (non-hydrogen) atoms. The first-order valence-electron chi connectivity index (χ1n) is 8.17. The van der Waals surface area contributed by atoms with Crippen LogP contribution in [0.4, 0.5) is 10.1 Å². The lowest BCUT2D eigenvalue weighted by molar-refractivity contribution is -0.126. The topological polar surface area (TPSA) is 55.8 Å². The fourth-order valence-corrected chi connectivity index (χ4v) is 2.81. The molecule has 1 aromatic rings. The molecule has 1 amide bonds. The second kappa shape index (κ2) is 8.26. The van der Waals surface area contributed by atoms with Gasteiger partial charge in [0.05, 0.1) is 6.04 Å². The number of nitrogens with one attached hydrogen (secondary N) is 1. The van der Waals surface area contributed by atoms with Crippen molar-refractivity contribution in [3.05, 3.63) is 30.1 Å². The van der Waals surface area contributed by atoms with E-state index in [1.54, 1.807) is 12.1 Å². The van der Waals surface area contributed by atoms with Gasteiger partial charge in [0.15, 0.2) is 0 Å². The van der Waals surface area contributed by atoms with Gasteiger partial charge >= 0.3 is 0 Å². The summed E-state index contributed by atoms with van der Waals surface area (Å²) >= 11 is 0. The zero-order valence-electron chi connectivity index (χ0n) is 13.8. The highest BCUT2D eigenvalue weighted by Crippen LogP contribution is 2.17. The van der Waals surface area contributed by atoms with Gasteiger partial charge in [0.25, 0.3) is 0 Å². The van der Waals surface area contributed by atoms with E-state index >= 15 is 0 Å². The lowest BCUT2D eigenvalue weighted by Gasteiger charge is -2.38. The summed E-state index contributed by atoms with van der Waals surface area (Å²) in [6, 6.07) is 6.32. The number of amides is 1. The molecule has 0 spiro atoms. The number of nitrogens with zero attached hydrogens (tertiary/aromatic N) is 2.